The maximum Gasteiger partial charge on any atom is 0.303 e. The first-order chi connectivity index (χ1) is 22.5. The summed E-state index contributed by atoms with van der Waals surface area (Å²) in [6.07, 6.45) is 40.0. The Bertz CT molecular complexity index is 561. The molecule has 46 heavy (non-hydrogen) atoms. The van der Waals surface area contributed by atoms with Gasteiger partial charge in [0.1, 0.15) is 0 Å². The van der Waals surface area contributed by atoms with E-state index < -0.39 is 5.97 Å². The quantitative estimate of drug-likeness (QED) is 0.0575. The highest BCUT2D eigenvalue weighted by Gasteiger charge is 2.16. The van der Waals surface area contributed by atoms with Gasteiger partial charge in [0, 0.05) is 19.5 Å². The predicted molar refractivity (Wildman–Crippen MR) is 200 cm³/mol. The Labute approximate surface area is 288 Å². The Hall–Kier alpha value is -0.650. The molecule has 0 saturated heterocycles. The molecule has 0 aliphatic carbocycles. The van der Waals surface area contributed by atoms with Crippen LogP contribution in [0.15, 0.2) is 0 Å². The number of aliphatic carboxylic acids is 1. The Morgan fingerprint density at radius 2 is 0.717 bits per heavy atom. The summed E-state index contributed by atoms with van der Waals surface area (Å²) in [6, 6.07) is 0. The van der Waals surface area contributed by atoms with Crippen LogP contribution in [0.4, 0.5) is 0 Å². The number of carbonyl (C=O) groups is 1. The molecular formula is C41H83NO4. The molecule has 0 rings (SSSR count). The monoisotopic (exact) mass is 654 g/mol. The summed E-state index contributed by atoms with van der Waals surface area (Å²) in [4.78, 5) is 13.1. The van der Waals surface area contributed by atoms with Crippen LogP contribution in [-0.4, -0.2) is 58.0 Å². The summed E-state index contributed by atoms with van der Waals surface area (Å²) >= 11 is 0. The van der Waals surface area contributed by atoms with Gasteiger partial charge in [-0.3, -0.25) is 9.69 Å². The molecule has 0 spiro atoms. The molecule has 0 aromatic carbocycles. The van der Waals surface area contributed by atoms with Gasteiger partial charge in [-0.2, -0.15) is 0 Å². The number of carboxylic acids is 1. The third-order valence-corrected chi connectivity index (χ3v) is 9.83. The zero-order valence-corrected chi connectivity index (χ0v) is 31.3. The topological polar surface area (TPSA) is 81.0 Å². The first-order valence-corrected chi connectivity index (χ1v) is 20.8. The number of hydrogen-bond donors (Lipinski definition) is 3. The molecule has 0 bridgehead atoms. The molecular weight excluding hydrogens is 570 g/mol. The maximum atomic E-state index is 10.9. The SMILES string of the molecule is CCCCCCCCCCCCCCCCC(O)CN(CCCCC(=O)O)CC(O)CCCCCCCCCCCCCCCC. The van der Waals surface area contributed by atoms with Gasteiger partial charge in [0.2, 0.25) is 0 Å². The van der Waals surface area contributed by atoms with E-state index in [-0.39, 0.29) is 18.6 Å². The lowest BCUT2D eigenvalue weighted by Crippen LogP contribution is -2.38. The highest BCUT2D eigenvalue weighted by Crippen LogP contribution is 2.16. The van der Waals surface area contributed by atoms with Crippen LogP contribution in [0.25, 0.3) is 0 Å². The molecule has 0 heterocycles. The second-order valence-corrected chi connectivity index (χ2v) is 14.7. The van der Waals surface area contributed by atoms with Crippen molar-refractivity contribution in [3.63, 3.8) is 0 Å². The highest BCUT2D eigenvalue weighted by molar-refractivity contribution is 5.66. The number of unbranched alkanes of at least 4 members (excludes halogenated alkanes) is 27. The summed E-state index contributed by atoms with van der Waals surface area (Å²) < 4.78 is 0. The van der Waals surface area contributed by atoms with Gasteiger partial charge in [0.25, 0.3) is 0 Å². The fraction of sp³-hybridized carbons (Fsp3) is 0.976. The van der Waals surface area contributed by atoms with Crippen molar-refractivity contribution in [2.45, 2.75) is 238 Å². The minimum atomic E-state index is -0.748. The van der Waals surface area contributed by atoms with Crippen LogP contribution >= 0.6 is 0 Å². The third-order valence-electron chi connectivity index (χ3n) is 9.83. The second-order valence-electron chi connectivity index (χ2n) is 14.7. The number of rotatable bonds is 39. The minimum absolute atomic E-state index is 0.192. The number of carboxylic acid groups (broad SMARTS) is 1. The summed E-state index contributed by atoms with van der Waals surface area (Å²) in [7, 11) is 0. The smallest absolute Gasteiger partial charge is 0.303 e. The molecule has 0 radical (unpaired) electrons. The molecule has 0 fully saturated rings. The van der Waals surface area contributed by atoms with Gasteiger partial charge >= 0.3 is 5.97 Å². The molecule has 276 valence electrons. The van der Waals surface area contributed by atoms with Crippen LogP contribution in [0.2, 0.25) is 0 Å². The van der Waals surface area contributed by atoms with E-state index in [1.54, 1.807) is 0 Å². The molecule has 0 aliphatic rings. The number of aliphatic hydroxyl groups is 2. The summed E-state index contributed by atoms with van der Waals surface area (Å²) in [5.74, 6) is -0.748. The van der Waals surface area contributed by atoms with Crippen LogP contribution in [0.3, 0.4) is 0 Å². The number of nitrogens with zero attached hydrogens (tertiary/aromatic N) is 1. The number of aliphatic hydroxyl groups excluding tert-OH is 2. The molecule has 3 N–H and O–H groups in total. The van der Waals surface area contributed by atoms with E-state index in [1.807, 2.05) is 0 Å². The van der Waals surface area contributed by atoms with Gasteiger partial charge in [-0.15, -0.1) is 0 Å². The van der Waals surface area contributed by atoms with Crippen molar-refractivity contribution in [1.29, 1.82) is 0 Å². The lowest BCUT2D eigenvalue weighted by molar-refractivity contribution is -0.137. The van der Waals surface area contributed by atoms with Crippen LogP contribution in [0, 0.1) is 0 Å². The molecule has 0 aromatic heterocycles. The maximum absolute atomic E-state index is 10.9. The normalized spacial score (nSPS) is 13.1. The van der Waals surface area contributed by atoms with Gasteiger partial charge in [-0.05, 0) is 32.2 Å². The fourth-order valence-electron chi connectivity index (χ4n) is 6.80. The van der Waals surface area contributed by atoms with Gasteiger partial charge in [0.15, 0.2) is 0 Å². The average molecular weight is 654 g/mol. The summed E-state index contributed by atoms with van der Waals surface area (Å²) in [6.45, 7) is 6.47. The Kier molecular flexibility index (Phi) is 36.6. The van der Waals surface area contributed by atoms with Crippen molar-refractivity contribution in [2.24, 2.45) is 0 Å². The molecule has 2 atom stereocenters. The second kappa shape index (κ2) is 37.2. The van der Waals surface area contributed by atoms with Crippen molar-refractivity contribution >= 4 is 5.97 Å². The van der Waals surface area contributed by atoms with Crippen LogP contribution in [-0.2, 0) is 4.79 Å². The van der Waals surface area contributed by atoms with Crippen LogP contribution in [0.5, 0.6) is 0 Å². The lowest BCUT2D eigenvalue weighted by atomic mass is 10.0. The predicted octanol–water partition coefficient (Wildman–Crippen LogP) is 12.0. The van der Waals surface area contributed by atoms with Crippen LogP contribution < -0.4 is 0 Å². The van der Waals surface area contributed by atoms with E-state index in [1.165, 1.54) is 167 Å². The first kappa shape index (κ1) is 45.3. The Morgan fingerprint density at radius 3 is 1.00 bits per heavy atom. The molecule has 0 aliphatic heterocycles. The largest absolute Gasteiger partial charge is 0.481 e. The zero-order chi connectivity index (χ0) is 33.8. The standard InChI is InChI=1S/C41H83NO4/c1-3-5-7-9-11-13-15-17-19-21-23-25-27-29-33-39(43)37-42(36-32-31-35-41(45)46)38-40(44)34-30-28-26-24-22-20-18-16-14-12-10-8-6-4-2/h39-40,43-44H,3-38H2,1-2H3,(H,45,46). The van der Waals surface area contributed by atoms with E-state index in [0.29, 0.717) is 19.5 Å². The molecule has 5 heteroatoms. The van der Waals surface area contributed by atoms with E-state index in [2.05, 4.69) is 18.7 Å². The number of hydrogen-bond acceptors (Lipinski definition) is 4. The lowest BCUT2D eigenvalue weighted by Gasteiger charge is -2.27. The minimum Gasteiger partial charge on any atom is -0.481 e. The van der Waals surface area contributed by atoms with Crippen molar-refractivity contribution < 1.29 is 20.1 Å². The van der Waals surface area contributed by atoms with Gasteiger partial charge < -0.3 is 15.3 Å². The van der Waals surface area contributed by atoms with E-state index in [0.717, 1.165) is 38.6 Å². The van der Waals surface area contributed by atoms with E-state index in [4.69, 9.17) is 5.11 Å². The molecule has 0 amide bonds. The Morgan fingerprint density at radius 1 is 0.435 bits per heavy atom. The zero-order valence-electron chi connectivity index (χ0n) is 31.3. The highest BCUT2D eigenvalue weighted by atomic mass is 16.4. The van der Waals surface area contributed by atoms with E-state index in [9.17, 15) is 15.0 Å². The molecule has 5 nitrogen and oxygen atoms in total. The first-order valence-electron chi connectivity index (χ1n) is 20.8. The summed E-state index contributed by atoms with van der Waals surface area (Å²) in [5.41, 5.74) is 0. The van der Waals surface area contributed by atoms with Crippen molar-refractivity contribution in [3.05, 3.63) is 0 Å². The average Bonchev–Trinajstić information content (AvgIpc) is 3.03. The molecule has 2 unspecified atom stereocenters. The van der Waals surface area contributed by atoms with E-state index >= 15 is 0 Å². The Balaban J connectivity index is 3.95. The van der Waals surface area contributed by atoms with Gasteiger partial charge in [-0.1, -0.05) is 194 Å². The molecule has 0 aromatic rings. The van der Waals surface area contributed by atoms with Gasteiger partial charge in [-0.25, -0.2) is 0 Å². The summed E-state index contributed by atoms with van der Waals surface area (Å²) in [5, 5.41) is 30.5. The van der Waals surface area contributed by atoms with Crippen molar-refractivity contribution in [3.8, 4) is 0 Å². The van der Waals surface area contributed by atoms with Crippen molar-refractivity contribution in [2.75, 3.05) is 19.6 Å². The van der Waals surface area contributed by atoms with Crippen LogP contribution in [0.1, 0.15) is 226 Å². The van der Waals surface area contributed by atoms with Gasteiger partial charge in [0.05, 0.1) is 12.2 Å². The third kappa shape index (κ3) is 36.2. The fourth-order valence-corrected chi connectivity index (χ4v) is 6.80. The van der Waals surface area contributed by atoms with Crippen molar-refractivity contribution in [1.82, 2.24) is 4.90 Å². The molecule has 0 saturated carbocycles.